The molecule has 0 spiro atoms. The molecule has 0 fully saturated rings. The highest BCUT2D eigenvalue weighted by molar-refractivity contribution is 6.56. The number of ether oxygens (including phenoxy) is 1. The zero-order valence-corrected chi connectivity index (χ0v) is 14.4. The summed E-state index contributed by atoms with van der Waals surface area (Å²) < 4.78 is 5.16. The van der Waals surface area contributed by atoms with E-state index in [0.29, 0.717) is 21.9 Å². The Bertz CT molecular complexity index is 654. The molecule has 0 aromatic heterocycles. The lowest BCUT2D eigenvalue weighted by atomic mass is 10.0. The van der Waals surface area contributed by atoms with Crippen molar-refractivity contribution in [2.45, 2.75) is 0 Å². The standard InChI is InChI=1S/C13H6Cl6O/c1-20-5-2-3-7(14)6(4-5)8-9(15)11(17)13(19)12(18)10(8)16/h2-4H,1H3. The Kier molecular flexibility index (Phi) is 5.23. The number of rotatable bonds is 2. The second-order valence-corrected chi connectivity index (χ2v) is 6.09. The lowest BCUT2D eigenvalue weighted by Gasteiger charge is -2.14. The summed E-state index contributed by atoms with van der Waals surface area (Å²) in [4.78, 5) is 0. The summed E-state index contributed by atoms with van der Waals surface area (Å²) in [5.41, 5.74) is 0.970. The van der Waals surface area contributed by atoms with Crippen molar-refractivity contribution in [3.63, 3.8) is 0 Å². The molecule has 0 saturated carbocycles. The fourth-order valence-electron chi connectivity index (χ4n) is 1.66. The van der Waals surface area contributed by atoms with Crippen molar-refractivity contribution >= 4 is 69.6 Å². The first-order chi connectivity index (χ1) is 9.38. The van der Waals surface area contributed by atoms with Gasteiger partial charge in [-0.3, -0.25) is 0 Å². The fraction of sp³-hybridized carbons (Fsp3) is 0.0769. The van der Waals surface area contributed by atoms with Crippen LogP contribution in [0.25, 0.3) is 11.1 Å². The Hall–Kier alpha value is -0.0200. The summed E-state index contributed by atoms with van der Waals surface area (Å²) in [5.74, 6) is 0.596. The number of hydrogen-bond donors (Lipinski definition) is 0. The smallest absolute Gasteiger partial charge is 0.119 e. The predicted molar refractivity (Wildman–Crippen MR) is 88.5 cm³/mol. The second-order valence-electron chi connectivity index (χ2n) is 3.79. The van der Waals surface area contributed by atoms with Gasteiger partial charge < -0.3 is 4.74 Å². The molecule has 0 radical (unpaired) electrons. The Morgan fingerprint density at radius 2 is 1.25 bits per heavy atom. The van der Waals surface area contributed by atoms with Crippen LogP contribution < -0.4 is 4.74 Å². The van der Waals surface area contributed by atoms with Crippen LogP contribution in [0.3, 0.4) is 0 Å². The van der Waals surface area contributed by atoms with Crippen LogP contribution in [-0.4, -0.2) is 7.11 Å². The molecule has 0 aliphatic carbocycles. The van der Waals surface area contributed by atoms with Gasteiger partial charge in [-0.25, -0.2) is 0 Å². The van der Waals surface area contributed by atoms with Crippen LogP contribution >= 0.6 is 69.6 Å². The maximum atomic E-state index is 6.22. The minimum Gasteiger partial charge on any atom is -0.497 e. The molecular formula is C13H6Cl6O. The van der Waals surface area contributed by atoms with Crippen LogP contribution in [0.15, 0.2) is 18.2 Å². The zero-order valence-electron chi connectivity index (χ0n) is 9.91. The molecule has 0 unspecified atom stereocenters. The van der Waals surface area contributed by atoms with Crippen LogP contribution in [0, 0.1) is 0 Å². The highest BCUT2D eigenvalue weighted by atomic mass is 35.5. The topological polar surface area (TPSA) is 9.23 Å². The van der Waals surface area contributed by atoms with Crippen LogP contribution in [0.5, 0.6) is 5.75 Å². The minimum absolute atomic E-state index is 0.103. The summed E-state index contributed by atoms with van der Waals surface area (Å²) >= 11 is 36.7. The SMILES string of the molecule is COc1ccc(Cl)c(-c2c(Cl)c(Cl)c(Cl)c(Cl)c2Cl)c1. The van der Waals surface area contributed by atoms with E-state index in [2.05, 4.69) is 0 Å². The molecule has 0 atom stereocenters. The van der Waals surface area contributed by atoms with Crippen molar-refractivity contribution < 1.29 is 4.74 Å². The van der Waals surface area contributed by atoms with E-state index >= 15 is 0 Å². The third kappa shape index (κ3) is 2.81. The van der Waals surface area contributed by atoms with Gasteiger partial charge in [-0.2, -0.15) is 0 Å². The highest BCUT2D eigenvalue weighted by Crippen LogP contribution is 2.49. The Balaban J connectivity index is 2.83. The van der Waals surface area contributed by atoms with Crippen molar-refractivity contribution in [3.8, 4) is 16.9 Å². The summed E-state index contributed by atoms with van der Waals surface area (Å²) in [6.45, 7) is 0. The molecule has 0 bridgehead atoms. The Morgan fingerprint density at radius 3 is 1.75 bits per heavy atom. The number of benzene rings is 2. The van der Waals surface area contributed by atoms with Crippen LogP contribution in [0.1, 0.15) is 0 Å². The van der Waals surface area contributed by atoms with E-state index in [0.717, 1.165) is 0 Å². The van der Waals surface area contributed by atoms with Gasteiger partial charge in [0, 0.05) is 16.1 Å². The summed E-state index contributed by atoms with van der Waals surface area (Å²) in [5, 5.41) is 1.14. The highest BCUT2D eigenvalue weighted by Gasteiger charge is 2.22. The van der Waals surface area contributed by atoms with E-state index in [1.165, 1.54) is 7.11 Å². The third-order valence-electron chi connectivity index (χ3n) is 2.65. The van der Waals surface area contributed by atoms with E-state index in [9.17, 15) is 0 Å². The van der Waals surface area contributed by atoms with Crippen molar-refractivity contribution in [2.75, 3.05) is 7.11 Å². The van der Waals surface area contributed by atoms with Gasteiger partial charge in [0.15, 0.2) is 0 Å². The molecule has 1 nitrogen and oxygen atoms in total. The zero-order chi connectivity index (χ0) is 15.0. The first kappa shape index (κ1) is 16.4. The van der Waals surface area contributed by atoms with Gasteiger partial charge in [0.05, 0.1) is 32.2 Å². The van der Waals surface area contributed by atoms with Gasteiger partial charge in [0.1, 0.15) is 5.75 Å². The van der Waals surface area contributed by atoms with Gasteiger partial charge in [-0.1, -0.05) is 69.6 Å². The van der Waals surface area contributed by atoms with E-state index < -0.39 is 0 Å². The summed E-state index contributed by atoms with van der Waals surface area (Å²) in [6, 6.07) is 5.07. The fourth-order valence-corrected chi connectivity index (χ4v) is 3.22. The largest absolute Gasteiger partial charge is 0.497 e. The van der Waals surface area contributed by atoms with Crippen LogP contribution in [-0.2, 0) is 0 Å². The van der Waals surface area contributed by atoms with Gasteiger partial charge in [0.25, 0.3) is 0 Å². The first-order valence-electron chi connectivity index (χ1n) is 5.23. The Labute approximate surface area is 146 Å². The molecule has 0 N–H and O–H groups in total. The maximum Gasteiger partial charge on any atom is 0.119 e. The minimum atomic E-state index is 0.103. The lowest BCUT2D eigenvalue weighted by Crippen LogP contribution is -1.90. The molecule has 2 aromatic carbocycles. The van der Waals surface area contributed by atoms with E-state index in [-0.39, 0.29) is 25.1 Å². The Morgan fingerprint density at radius 1 is 0.750 bits per heavy atom. The van der Waals surface area contributed by atoms with E-state index in [4.69, 9.17) is 74.3 Å². The molecule has 20 heavy (non-hydrogen) atoms. The maximum absolute atomic E-state index is 6.22. The van der Waals surface area contributed by atoms with E-state index in [1.807, 2.05) is 0 Å². The van der Waals surface area contributed by atoms with Crippen molar-refractivity contribution in [1.29, 1.82) is 0 Å². The first-order valence-corrected chi connectivity index (χ1v) is 7.50. The quantitative estimate of drug-likeness (QED) is 0.386. The molecule has 0 aliphatic heterocycles. The average molecular weight is 391 g/mol. The van der Waals surface area contributed by atoms with E-state index in [1.54, 1.807) is 18.2 Å². The molecular weight excluding hydrogens is 385 g/mol. The molecule has 106 valence electrons. The third-order valence-corrected chi connectivity index (χ3v) is 5.26. The molecule has 2 rings (SSSR count). The van der Waals surface area contributed by atoms with Gasteiger partial charge in [-0.15, -0.1) is 0 Å². The number of methoxy groups -OCH3 is 1. The number of halogens is 6. The van der Waals surface area contributed by atoms with Gasteiger partial charge in [0.2, 0.25) is 0 Å². The molecule has 0 heterocycles. The molecule has 0 amide bonds. The van der Waals surface area contributed by atoms with Crippen molar-refractivity contribution in [2.24, 2.45) is 0 Å². The summed E-state index contributed by atoms with van der Waals surface area (Å²) in [6.07, 6.45) is 0. The molecule has 0 aliphatic rings. The average Bonchev–Trinajstić information content (AvgIpc) is 2.45. The second kappa shape index (κ2) is 6.39. The molecule has 2 aromatic rings. The van der Waals surface area contributed by atoms with Crippen LogP contribution in [0.4, 0.5) is 0 Å². The van der Waals surface area contributed by atoms with Crippen molar-refractivity contribution in [3.05, 3.63) is 48.3 Å². The number of hydrogen-bond acceptors (Lipinski definition) is 1. The predicted octanol–water partition coefficient (Wildman–Crippen LogP) is 7.28. The summed E-state index contributed by atoms with van der Waals surface area (Å²) in [7, 11) is 1.54. The lowest BCUT2D eigenvalue weighted by molar-refractivity contribution is 0.415. The normalized spacial score (nSPS) is 10.8. The van der Waals surface area contributed by atoms with Gasteiger partial charge in [-0.05, 0) is 18.2 Å². The molecule has 7 heteroatoms. The monoisotopic (exact) mass is 388 g/mol. The van der Waals surface area contributed by atoms with Crippen LogP contribution in [0.2, 0.25) is 30.1 Å². The molecule has 0 saturated heterocycles. The van der Waals surface area contributed by atoms with Crippen molar-refractivity contribution in [1.82, 2.24) is 0 Å². The van der Waals surface area contributed by atoms with Gasteiger partial charge >= 0.3 is 0 Å².